The number of carbonyl (C=O) groups is 1. The highest BCUT2D eigenvalue weighted by Crippen LogP contribution is 2.24. The summed E-state index contributed by atoms with van der Waals surface area (Å²) in [6.45, 7) is 3.97. The number of nitriles is 1. The fourth-order valence-corrected chi connectivity index (χ4v) is 2.30. The number of aromatic nitrogens is 2. The van der Waals surface area contributed by atoms with E-state index in [9.17, 15) is 4.79 Å². The van der Waals surface area contributed by atoms with Crippen molar-refractivity contribution in [2.45, 2.75) is 13.8 Å². The summed E-state index contributed by atoms with van der Waals surface area (Å²) in [7, 11) is 0. The zero-order valence-electron chi connectivity index (χ0n) is 13.2. The Balaban J connectivity index is 1.78. The van der Waals surface area contributed by atoms with Crippen LogP contribution in [0.5, 0.6) is 0 Å². The third kappa shape index (κ3) is 3.15. The molecule has 118 valence electrons. The lowest BCUT2D eigenvalue weighted by Gasteiger charge is -2.02. The zero-order valence-corrected chi connectivity index (χ0v) is 13.2. The number of nitrogens with zero attached hydrogens (tertiary/aromatic N) is 3. The molecule has 0 aliphatic rings. The largest absolute Gasteiger partial charge is 0.403 e. The summed E-state index contributed by atoms with van der Waals surface area (Å²) in [6, 6.07) is 14.2. The summed E-state index contributed by atoms with van der Waals surface area (Å²) in [5.74, 6) is -0.0297. The minimum Gasteiger partial charge on any atom is -0.403 e. The lowest BCUT2D eigenvalue weighted by atomic mass is 10.1. The van der Waals surface area contributed by atoms with Gasteiger partial charge in [0.05, 0.1) is 11.6 Å². The van der Waals surface area contributed by atoms with E-state index in [0.717, 1.165) is 16.7 Å². The predicted molar refractivity (Wildman–Crippen MR) is 88.3 cm³/mol. The molecule has 0 unspecified atom stereocenters. The highest BCUT2D eigenvalue weighted by Gasteiger charge is 2.14. The first kappa shape index (κ1) is 15.4. The number of hydrogen-bond donors (Lipinski definition) is 1. The average molecular weight is 318 g/mol. The first-order valence-electron chi connectivity index (χ1n) is 7.29. The third-order valence-corrected chi connectivity index (χ3v) is 3.53. The SMILES string of the molecule is Cc1ccc(-c2nnc(NC(=O)c3ccc(C#N)cc3)o2)c(C)c1. The van der Waals surface area contributed by atoms with E-state index in [1.165, 1.54) is 0 Å². The Bertz CT molecular complexity index is 936. The highest BCUT2D eigenvalue weighted by atomic mass is 16.4. The third-order valence-electron chi connectivity index (χ3n) is 3.53. The van der Waals surface area contributed by atoms with Crippen molar-refractivity contribution in [1.82, 2.24) is 10.2 Å². The lowest BCUT2D eigenvalue weighted by Crippen LogP contribution is -2.11. The van der Waals surface area contributed by atoms with Gasteiger partial charge in [-0.25, -0.2) is 0 Å². The van der Waals surface area contributed by atoms with Crippen molar-refractivity contribution in [3.05, 3.63) is 64.7 Å². The van der Waals surface area contributed by atoms with Gasteiger partial charge < -0.3 is 4.42 Å². The van der Waals surface area contributed by atoms with Gasteiger partial charge >= 0.3 is 6.01 Å². The molecule has 0 atom stereocenters. The molecule has 0 fully saturated rings. The Kier molecular flexibility index (Phi) is 4.08. The molecular weight excluding hydrogens is 304 g/mol. The fourth-order valence-electron chi connectivity index (χ4n) is 2.30. The summed E-state index contributed by atoms with van der Waals surface area (Å²) in [4.78, 5) is 12.1. The van der Waals surface area contributed by atoms with Crippen LogP contribution in [0.25, 0.3) is 11.5 Å². The van der Waals surface area contributed by atoms with Crippen molar-refractivity contribution in [3.8, 4) is 17.5 Å². The van der Waals surface area contributed by atoms with Crippen molar-refractivity contribution < 1.29 is 9.21 Å². The molecule has 0 saturated heterocycles. The fraction of sp³-hybridized carbons (Fsp3) is 0.111. The molecule has 0 spiro atoms. The van der Waals surface area contributed by atoms with E-state index in [1.807, 2.05) is 38.1 Å². The predicted octanol–water partition coefficient (Wildman–Crippen LogP) is 3.48. The van der Waals surface area contributed by atoms with E-state index < -0.39 is 0 Å². The Labute approximate surface area is 138 Å². The number of rotatable bonds is 3. The molecule has 1 aromatic heterocycles. The van der Waals surface area contributed by atoms with Crippen LogP contribution >= 0.6 is 0 Å². The second-order valence-electron chi connectivity index (χ2n) is 5.37. The molecule has 0 aliphatic carbocycles. The van der Waals surface area contributed by atoms with E-state index in [4.69, 9.17) is 9.68 Å². The Hall–Kier alpha value is -3.46. The normalized spacial score (nSPS) is 10.2. The molecule has 24 heavy (non-hydrogen) atoms. The number of carbonyl (C=O) groups excluding carboxylic acids is 1. The number of nitrogens with one attached hydrogen (secondary N) is 1. The highest BCUT2D eigenvalue weighted by molar-refractivity contribution is 6.03. The van der Waals surface area contributed by atoms with Gasteiger partial charge in [0.15, 0.2) is 0 Å². The summed E-state index contributed by atoms with van der Waals surface area (Å²) in [5.41, 5.74) is 3.88. The molecule has 1 heterocycles. The second kappa shape index (κ2) is 6.34. The summed E-state index contributed by atoms with van der Waals surface area (Å²) in [6.07, 6.45) is 0. The molecule has 0 bridgehead atoms. The number of hydrogen-bond acceptors (Lipinski definition) is 5. The van der Waals surface area contributed by atoms with Crippen LogP contribution in [-0.4, -0.2) is 16.1 Å². The van der Waals surface area contributed by atoms with Crippen LogP contribution in [-0.2, 0) is 0 Å². The molecule has 2 aromatic carbocycles. The Morgan fingerprint density at radius 3 is 2.54 bits per heavy atom. The van der Waals surface area contributed by atoms with Crippen LogP contribution < -0.4 is 5.32 Å². The Morgan fingerprint density at radius 1 is 1.12 bits per heavy atom. The maximum atomic E-state index is 12.1. The van der Waals surface area contributed by atoms with Gasteiger partial charge in [0.25, 0.3) is 5.91 Å². The molecule has 3 aromatic rings. The maximum absolute atomic E-state index is 12.1. The molecule has 1 N–H and O–H groups in total. The number of anilines is 1. The Morgan fingerprint density at radius 2 is 1.88 bits per heavy atom. The molecule has 6 nitrogen and oxygen atoms in total. The van der Waals surface area contributed by atoms with Crippen molar-refractivity contribution in [1.29, 1.82) is 5.26 Å². The quantitative estimate of drug-likeness (QED) is 0.798. The van der Waals surface area contributed by atoms with Gasteiger partial charge in [0, 0.05) is 11.1 Å². The summed E-state index contributed by atoms with van der Waals surface area (Å²) in [5, 5.41) is 19.2. The van der Waals surface area contributed by atoms with Gasteiger partial charge in [-0.15, -0.1) is 5.10 Å². The van der Waals surface area contributed by atoms with Crippen molar-refractivity contribution >= 4 is 11.9 Å². The molecule has 0 saturated carbocycles. The van der Waals surface area contributed by atoms with Gasteiger partial charge in [0.1, 0.15) is 0 Å². The van der Waals surface area contributed by atoms with Crippen molar-refractivity contribution in [3.63, 3.8) is 0 Å². The lowest BCUT2D eigenvalue weighted by molar-refractivity contribution is 0.102. The van der Waals surface area contributed by atoms with Gasteiger partial charge in [-0.2, -0.15) is 5.26 Å². The van der Waals surface area contributed by atoms with E-state index >= 15 is 0 Å². The van der Waals surface area contributed by atoms with Crippen molar-refractivity contribution in [2.24, 2.45) is 0 Å². The van der Waals surface area contributed by atoms with Crippen LogP contribution in [0.2, 0.25) is 0 Å². The molecule has 3 rings (SSSR count). The van der Waals surface area contributed by atoms with E-state index in [-0.39, 0.29) is 11.9 Å². The average Bonchev–Trinajstić information content (AvgIpc) is 3.03. The number of aryl methyl sites for hydroxylation is 2. The van der Waals surface area contributed by atoms with Crippen molar-refractivity contribution in [2.75, 3.05) is 5.32 Å². The van der Waals surface area contributed by atoms with Gasteiger partial charge in [-0.05, 0) is 49.7 Å². The first-order valence-corrected chi connectivity index (χ1v) is 7.29. The summed E-state index contributed by atoms with van der Waals surface area (Å²) >= 11 is 0. The van der Waals surface area contributed by atoms with Gasteiger partial charge in [-0.1, -0.05) is 22.8 Å². The molecule has 0 radical (unpaired) electrons. The molecule has 1 amide bonds. The second-order valence-corrected chi connectivity index (χ2v) is 5.37. The van der Waals surface area contributed by atoms with Crippen LogP contribution in [0.4, 0.5) is 6.01 Å². The monoisotopic (exact) mass is 318 g/mol. The topological polar surface area (TPSA) is 91.8 Å². The van der Waals surface area contributed by atoms with Crippen LogP contribution in [0.15, 0.2) is 46.9 Å². The van der Waals surface area contributed by atoms with Crippen LogP contribution in [0.1, 0.15) is 27.0 Å². The molecular formula is C18H14N4O2. The van der Waals surface area contributed by atoms with E-state index in [2.05, 4.69) is 15.5 Å². The van der Waals surface area contributed by atoms with E-state index in [1.54, 1.807) is 24.3 Å². The van der Waals surface area contributed by atoms with Gasteiger partial charge in [-0.3, -0.25) is 10.1 Å². The van der Waals surface area contributed by atoms with Crippen LogP contribution in [0.3, 0.4) is 0 Å². The number of amides is 1. The molecule has 0 aliphatic heterocycles. The minimum absolute atomic E-state index is 0.0272. The minimum atomic E-state index is -0.379. The smallest absolute Gasteiger partial charge is 0.322 e. The van der Waals surface area contributed by atoms with Gasteiger partial charge in [0.2, 0.25) is 5.89 Å². The maximum Gasteiger partial charge on any atom is 0.322 e. The standard InChI is InChI=1S/C18H14N4O2/c1-11-3-8-15(12(2)9-11)17-21-22-18(24-17)20-16(23)14-6-4-13(10-19)5-7-14/h3-9H,1-2H3,(H,20,22,23). The van der Waals surface area contributed by atoms with Crippen LogP contribution in [0, 0.1) is 25.2 Å². The molecule has 6 heteroatoms. The summed E-state index contributed by atoms with van der Waals surface area (Å²) < 4.78 is 5.52. The first-order chi connectivity index (χ1) is 11.6. The number of benzene rings is 2. The zero-order chi connectivity index (χ0) is 17.1. The van der Waals surface area contributed by atoms with E-state index in [0.29, 0.717) is 17.0 Å².